The van der Waals surface area contributed by atoms with Crippen molar-refractivity contribution in [2.45, 2.75) is 40.0 Å². The number of hydrogen-bond donors (Lipinski definition) is 0. The van der Waals surface area contributed by atoms with Crippen LogP contribution in [0.25, 0.3) is 0 Å². The average Bonchev–Trinajstić information content (AvgIpc) is 2.18. The largest absolute Gasteiger partial charge is 2.00 e. The van der Waals surface area contributed by atoms with Crippen molar-refractivity contribution in [3.05, 3.63) is 22.8 Å². The third-order valence-electron chi connectivity index (χ3n) is 2.52. The van der Waals surface area contributed by atoms with E-state index < -0.39 is 0 Å². The zero-order valence-electron chi connectivity index (χ0n) is 9.33. The maximum absolute atomic E-state index is 11.6. The Morgan fingerprint density at radius 3 is 2.20 bits per heavy atom. The van der Waals surface area contributed by atoms with Gasteiger partial charge in [0.1, 0.15) is 0 Å². The van der Waals surface area contributed by atoms with Gasteiger partial charge in [-0.1, -0.05) is 37.5 Å². The maximum Gasteiger partial charge on any atom is 2.00 e. The molecule has 0 amide bonds. The fourth-order valence-electron chi connectivity index (χ4n) is 1.70. The summed E-state index contributed by atoms with van der Waals surface area (Å²) in [4.78, 5) is 0. The van der Waals surface area contributed by atoms with Crippen LogP contribution in [0.15, 0.2) is 6.07 Å². The zero-order chi connectivity index (χ0) is 10.7. The summed E-state index contributed by atoms with van der Waals surface area (Å²) in [7, 11) is 0. The quantitative estimate of drug-likeness (QED) is 0.766. The van der Waals surface area contributed by atoms with E-state index in [-0.39, 0.29) is 28.0 Å². The molecule has 0 bridgehead atoms. The van der Waals surface area contributed by atoms with Crippen molar-refractivity contribution in [2.24, 2.45) is 0 Å². The number of aryl methyl sites for hydroxylation is 2. The van der Waals surface area contributed by atoms with Gasteiger partial charge in [0.15, 0.2) is 0 Å². The topological polar surface area (TPSA) is 46.1 Å². The van der Waals surface area contributed by atoms with Crippen molar-refractivity contribution >= 4 is 0 Å². The Hall–Kier alpha value is -0.686. The molecule has 2 nitrogen and oxygen atoms in total. The average molecular weight is 251 g/mol. The van der Waals surface area contributed by atoms with Crippen LogP contribution in [0.2, 0.25) is 0 Å². The molecule has 0 aliphatic heterocycles. The first-order valence-electron chi connectivity index (χ1n) is 5.11. The van der Waals surface area contributed by atoms with E-state index in [0.29, 0.717) is 24.0 Å². The molecule has 3 heteroatoms. The van der Waals surface area contributed by atoms with E-state index in [1.165, 1.54) is 0 Å². The maximum atomic E-state index is 11.6. The molecular weight excluding hydrogens is 235 g/mol. The molecular formula is C12H16NiO2. The van der Waals surface area contributed by atoms with Crippen molar-refractivity contribution in [3.63, 3.8) is 0 Å². The second-order valence-corrected chi connectivity index (χ2v) is 3.59. The Kier molecular flexibility index (Phi) is 5.74. The molecule has 0 atom stereocenters. The van der Waals surface area contributed by atoms with Crippen LogP contribution in [0.5, 0.6) is 11.5 Å². The van der Waals surface area contributed by atoms with Gasteiger partial charge in [-0.05, 0) is 25.3 Å². The van der Waals surface area contributed by atoms with E-state index in [0.717, 1.165) is 12.0 Å². The van der Waals surface area contributed by atoms with E-state index in [1.807, 2.05) is 26.8 Å². The second kappa shape index (κ2) is 6.02. The molecule has 0 heterocycles. The minimum Gasteiger partial charge on any atom is -0.873 e. The molecule has 0 aromatic heterocycles. The van der Waals surface area contributed by atoms with Crippen LogP contribution >= 0.6 is 0 Å². The van der Waals surface area contributed by atoms with Gasteiger partial charge in [-0.25, -0.2) is 0 Å². The Balaban J connectivity index is 0.00000196. The van der Waals surface area contributed by atoms with Gasteiger partial charge in [0, 0.05) is 0 Å². The normalized spacial score (nSPS) is 9.80. The van der Waals surface area contributed by atoms with Crippen LogP contribution < -0.4 is 10.2 Å². The third-order valence-corrected chi connectivity index (χ3v) is 2.52. The van der Waals surface area contributed by atoms with E-state index in [2.05, 4.69) is 0 Å². The van der Waals surface area contributed by atoms with Gasteiger partial charge in [-0.3, -0.25) is 0 Å². The van der Waals surface area contributed by atoms with Crippen molar-refractivity contribution in [1.82, 2.24) is 0 Å². The van der Waals surface area contributed by atoms with Gasteiger partial charge in [0.2, 0.25) is 0 Å². The SMILES string of the molecule is CCCc1c(C)cc(CC)c([O-])c1[O-].[Ni+2]. The summed E-state index contributed by atoms with van der Waals surface area (Å²) in [6.45, 7) is 5.82. The molecule has 0 spiro atoms. The minimum atomic E-state index is -0.304. The van der Waals surface area contributed by atoms with E-state index in [9.17, 15) is 10.2 Å². The van der Waals surface area contributed by atoms with Crippen molar-refractivity contribution in [3.8, 4) is 11.5 Å². The summed E-state index contributed by atoms with van der Waals surface area (Å²) >= 11 is 0. The predicted octanol–water partition coefficient (Wildman–Crippen LogP) is 1.65. The fraction of sp³-hybridized carbons (Fsp3) is 0.500. The number of benzene rings is 1. The minimum absolute atomic E-state index is 0. The molecule has 0 saturated heterocycles. The smallest absolute Gasteiger partial charge is 0.873 e. The summed E-state index contributed by atoms with van der Waals surface area (Å²) in [5.74, 6) is -0.592. The summed E-state index contributed by atoms with van der Waals surface area (Å²) in [6.07, 6.45) is 2.26. The van der Waals surface area contributed by atoms with Gasteiger partial charge in [-0.2, -0.15) is 0 Å². The summed E-state index contributed by atoms with van der Waals surface area (Å²) < 4.78 is 0. The first-order valence-corrected chi connectivity index (χ1v) is 5.11. The van der Waals surface area contributed by atoms with Crippen LogP contribution in [0.1, 0.15) is 37.0 Å². The molecule has 0 N–H and O–H groups in total. The summed E-state index contributed by atoms with van der Waals surface area (Å²) in [5, 5.41) is 23.2. The molecule has 1 rings (SSSR count). The molecule has 0 unspecified atom stereocenters. The molecule has 1 aromatic carbocycles. The Labute approximate surface area is 101 Å². The summed E-state index contributed by atoms with van der Waals surface area (Å²) in [5.41, 5.74) is 2.32. The zero-order valence-corrected chi connectivity index (χ0v) is 10.3. The van der Waals surface area contributed by atoms with Gasteiger partial charge in [-0.15, -0.1) is 11.5 Å². The summed E-state index contributed by atoms with van der Waals surface area (Å²) in [6, 6.07) is 1.86. The standard InChI is InChI=1S/C12H18O2.Ni/c1-4-6-10-8(3)7-9(5-2)11(13)12(10)14;/h7,13-14H,4-6H2,1-3H3;/q;+2/p-2. The Morgan fingerprint density at radius 2 is 1.73 bits per heavy atom. The second-order valence-electron chi connectivity index (χ2n) is 3.59. The van der Waals surface area contributed by atoms with Gasteiger partial charge in [0.25, 0.3) is 0 Å². The molecule has 86 valence electrons. The van der Waals surface area contributed by atoms with Crippen molar-refractivity contribution in [1.29, 1.82) is 0 Å². The molecule has 1 aromatic rings. The van der Waals surface area contributed by atoms with Crippen molar-refractivity contribution < 1.29 is 26.7 Å². The van der Waals surface area contributed by atoms with Crippen LogP contribution in [0.3, 0.4) is 0 Å². The van der Waals surface area contributed by atoms with E-state index in [4.69, 9.17) is 0 Å². The molecule has 0 saturated carbocycles. The molecule has 0 fully saturated rings. The third kappa shape index (κ3) is 2.88. The van der Waals surface area contributed by atoms with Crippen LogP contribution in [-0.4, -0.2) is 0 Å². The Bertz CT molecular complexity index is 335. The van der Waals surface area contributed by atoms with Crippen LogP contribution in [0.4, 0.5) is 0 Å². The first-order chi connectivity index (χ1) is 6.61. The molecule has 0 radical (unpaired) electrons. The van der Waals surface area contributed by atoms with Gasteiger partial charge < -0.3 is 10.2 Å². The van der Waals surface area contributed by atoms with Crippen LogP contribution in [-0.2, 0) is 29.3 Å². The van der Waals surface area contributed by atoms with E-state index >= 15 is 0 Å². The van der Waals surface area contributed by atoms with Gasteiger partial charge in [0.05, 0.1) is 0 Å². The molecule has 0 aliphatic rings. The van der Waals surface area contributed by atoms with E-state index in [1.54, 1.807) is 0 Å². The Morgan fingerprint density at radius 1 is 1.13 bits per heavy atom. The monoisotopic (exact) mass is 250 g/mol. The number of hydrogen-bond acceptors (Lipinski definition) is 2. The van der Waals surface area contributed by atoms with Crippen LogP contribution in [0, 0.1) is 6.92 Å². The predicted molar refractivity (Wildman–Crippen MR) is 53.4 cm³/mol. The first kappa shape index (κ1) is 14.3. The molecule has 0 aliphatic carbocycles. The fourth-order valence-corrected chi connectivity index (χ4v) is 1.70. The molecule has 15 heavy (non-hydrogen) atoms. The number of rotatable bonds is 3. The van der Waals surface area contributed by atoms with Crippen molar-refractivity contribution in [2.75, 3.05) is 0 Å². The van der Waals surface area contributed by atoms with Gasteiger partial charge >= 0.3 is 16.5 Å².